The molecule has 0 aliphatic carbocycles. The van der Waals surface area contributed by atoms with E-state index in [0.717, 1.165) is 35.8 Å². The van der Waals surface area contributed by atoms with Crippen LogP contribution in [-0.4, -0.2) is 19.1 Å². The number of nitrogens with zero attached hydrogens (tertiary/aromatic N) is 1. The van der Waals surface area contributed by atoms with Gasteiger partial charge in [0.2, 0.25) is 0 Å². The molecule has 4 heteroatoms. The molecule has 2 rings (SSSR count). The Labute approximate surface area is 100.0 Å². The van der Waals surface area contributed by atoms with Gasteiger partial charge in [-0.15, -0.1) is 0 Å². The van der Waals surface area contributed by atoms with Crippen LogP contribution in [0.15, 0.2) is 12.1 Å². The summed E-state index contributed by atoms with van der Waals surface area (Å²) in [6.07, 6.45) is 1.00. The molecule has 1 saturated heterocycles. The van der Waals surface area contributed by atoms with Crippen LogP contribution in [-0.2, 0) is 0 Å². The SMILES string of the molecule is Cc1ccc(Cl)c(N2CCC(N)C2)c1Cl. The zero-order valence-corrected chi connectivity index (χ0v) is 10.1. The van der Waals surface area contributed by atoms with Crippen LogP contribution in [0.2, 0.25) is 10.0 Å². The normalized spacial score (nSPS) is 21.1. The van der Waals surface area contributed by atoms with E-state index in [1.807, 2.05) is 19.1 Å². The minimum absolute atomic E-state index is 0.234. The van der Waals surface area contributed by atoms with Gasteiger partial charge in [-0.2, -0.15) is 0 Å². The molecule has 1 aromatic rings. The predicted molar refractivity (Wildman–Crippen MR) is 66.0 cm³/mol. The number of halogens is 2. The van der Waals surface area contributed by atoms with Gasteiger partial charge in [0.05, 0.1) is 15.7 Å². The Morgan fingerprint density at radius 3 is 2.73 bits per heavy atom. The molecule has 0 bridgehead atoms. The maximum atomic E-state index is 6.26. The van der Waals surface area contributed by atoms with Crippen molar-refractivity contribution < 1.29 is 0 Å². The van der Waals surface area contributed by atoms with E-state index in [2.05, 4.69) is 4.90 Å². The van der Waals surface area contributed by atoms with Crippen LogP contribution < -0.4 is 10.6 Å². The molecule has 0 aromatic heterocycles. The third-order valence-electron chi connectivity index (χ3n) is 2.80. The van der Waals surface area contributed by atoms with Crippen LogP contribution in [0.1, 0.15) is 12.0 Å². The zero-order chi connectivity index (χ0) is 11.0. The first-order valence-corrected chi connectivity index (χ1v) is 5.80. The second-order valence-corrected chi connectivity index (χ2v) is 4.81. The molecule has 82 valence electrons. The van der Waals surface area contributed by atoms with E-state index in [4.69, 9.17) is 28.9 Å². The van der Waals surface area contributed by atoms with E-state index < -0.39 is 0 Å². The first kappa shape index (κ1) is 11.1. The Bertz CT molecular complexity index is 379. The summed E-state index contributed by atoms with van der Waals surface area (Å²) in [4.78, 5) is 2.17. The average Bonchev–Trinajstić information content (AvgIpc) is 2.59. The smallest absolute Gasteiger partial charge is 0.0748 e. The molecule has 1 aliphatic heterocycles. The molecule has 2 N–H and O–H groups in total. The van der Waals surface area contributed by atoms with Gasteiger partial charge in [0.15, 0.2) is 0 Å². The van der Waals surface area contributed by atoms with E-state index in [1.165, 1.54) is 0 Å². The summed E-state index contributed by atoms with van der Waals surface area (Å²) >= 11 is 12.4. The molecule has 1 heterocycles. The topological polar surface area (TPSA) is 29.3 Å². The standard InChI is InChI=1S/C11H14Cl2N2/c1-7-2-3-9(12)11(10(7)13)15-5-4-8(14)6-15/h2-3,8H,4-6,14H2,1H3. The molecule has 1 aromatic carbocycles. The van der Waals surface area contributed by atoms with Gasteiger partial charge in [0.25, 0.3) is 0 Å². The number of benzene rings is 1. The lowest BCUT2D eigenvalue weighted by molar-refractivity contribution is 0.752. The number of hydrogen-bond acceptors (Lipinski definition) is 2. The van der Waals surface area contributed by atoms with Gasteiger partial charge in [-0.1, -0.05) is 29.3 Å². The van der Waals surface area contributed by atoms with Crippen LogP contribution in [0, 0.1) is 6.92 Å². The third kappa shape index (κ3) is 2.07. The highest BCUT2D eigenvalue weighted by atomic mass is 35.5. The van der Waals surface area contributed by atoms with Gasteiger partial charge in [-0.05, 0) is 25.0 Å². The van der Waals surface area contributed by atoms with Gasteiger partial charge in [0.1, 0.15) is 0 Å². The summed E-state index contributed by atoms with van der Waals surface area (Å²) in [5.74, 6) is 0. The lowest BCUT2D eigenvalue weighted by Crippen LogP contribution is -2.26. The summed E-state index contributed by atoms with van der Waals surface area (Å²) in [5, 5.41) is 1.45. The molecule has 1 unspecified atom stereocenters. The zero-order valence-electron chi connectivity index (χ0n) is 8.63. The van der Waals surface area contributed by atoms with Crippen molar-refractivity contribution >= 4 is 28.9 Å². The second kappa shape index (κ2) is 4.20. The molecule has 1 aliphatic rings. The predicted octanol–water partition coefficient (Wildman–Crippen LogP) is 2.84. The summed E-state index contributed by atoms with van der Waals surface area (Å²) < 4.78 is 0. The monoisotopic (exact) mass is 244 g/mol. The van der Waals surface area contributed by atoms with Crippen molar-refractivity contribution in [3.63, 3.8) is 0 Å². The average molecular weight is 245 g/mol. The molecular formula is C11H14Cl2N2. The maximum Gasteiger partial charge on any atom is 0.0748 e. The fourth-order valence-electron chi connectivity index (χ4n) is 1.92. The van der Waals surface area contributed by atoms with Gasteiger partial charge in [-0.25, -0.2) is 0 Å². The lowest BCUT2D eigenvalue weighted by Gasteiger charge is -2.21. The van der Waals surface area contributed by atoms with Crippen LogP contribution in [0.3, 0.4) is 0 Å². The number of hydrogen-bond donors (Lipinski definition) is 1. The molecule has 2 nitrogen and oxygen atoms in total. The highest BCUT2D eigenvalue weighted by molar-refractivity contribution is 6.39. The van der Waals surface area contributed by atoms with Crippen LogP contribution in [0.5, 0.6) is 0 Å². The van der Waals surface area contributed by atoms with Crippen molar-refractivity contribution in [3.8, 4) is 0 Å². The van der Waals surface area contributed by atoms with E-state index in [0.29, 0.717) is 5.02 Å². The molecule has 0 amide bonds. The van der Waals surface area contributed by atoms with E-state index in [1.54, 1.807) is 0 Å². The van der Waals surface area contributed by atoms with Crippen molar-refractivity contribution in [1.82, 2.24) is 0 Å². The first-order chi connectivity index (χ1) is 7.09. The van der Waals surface area contributed by atoms with Gasteiger partial charge in [-0.3, -0.25) is 0 Å². The Morgan fingerprint density at radius 2 is 2.13 bits per heavy atom. The van der Waals surface area contributed by atoms with Crippen molar-refractivity contribution in [2.24, 2.45) is 5.73 Å². The highest BCUT2D eigenvalue weighted by Gasteiger charge is 2.23. The molecule has 0 spiro atoms. The minimum atomic E-state index is 0.234. The Hall–Kier alpha value is -0.440. The van der Waals surface area contributed by atoms with E-state index in [-0.39, 0.29) is 6.04 Å². The Morgan fingerprint density at radius 1 is 1.40 bits per heavy atom. The second-order valence-electron chi connectivity index (χ2n) is 4.02. The van der Waals surface area contributed by atoms with Crippen LogP contribution in [0.4, 0.5) is 5.69 Å². The van der Waals surface area contributed by atoms with Gasteiger partial charge < -0.3 is 10.6 Å². The summed E-state index contributed by atoms with van der Waals surface area (Å²) in [6, 6.07) is 4.06. The first-order valence-electron chi connectivity index (χ1n) is 5.04. The molecular weight excluding hydrogens is 231 g/mol. The maximum absolute atomic E-state index is 6.26. The van der Waals surface area contributed by atoms with Crippen LogP contribution in [0.25, 0.3) is 0 Å². The van der Waals surface area contributed by atoms with Crippen molar-refractivity contribution in [2.75, 3.05) is 18.0 Å². The molecule has 1 fully saturated rings. The third-order valence-corrected chi connectivity index (χ3v) is 3.58. The molecule has 1 atom stereocenters. The molecule has 15 heavy (non-hydrogen) atoms. The number of anilines is 1. The highest BCUT2D eigenvalue weighted by Crippen LogP contribution is 2.37. The van der Waals surface area contributed by atoms with E-state index >= 15 is 0 Å². The van der Waals surface area contributed by atoms with Crippen molar-refractivity contribution in [2.45, 2.75) is 19.4 Å². The number of nitrogens with two attached hydrogens (primary N) is 1. The number of rotatable bonds is 1. The summed E-state index contributed by atoms with van der Waals surface area (Å²) in [7, 11) is 0. The fraction of sp³-hybridized carbons (Fsp3) is 0.455. The van der Waals surface area contributed by atoms with Gasteiger partial charge in [0, 0.05) is 19.1 Å². The van der Waals surface area contributed by atoms with Crippen LogP contribution >= 0.6 is 23.2 Å². The van der Waals surface area contributed by atoms with Crippen molar-refractivity contribution in [3.05, 3.63) is 27.7 Å². The Balaban J connectivity index is 2.39. The lowest BCUT2D eigenvalue weighted by atomic mass is 10.2. The molecule has 0 radical (unpaired) electrons. The Kier molecular flexibility index (Phi) is 3.10. The number of aryl methyl sites for hydroxylation is 1. The summed E-state index contributed by atoms with van der Waals surface area (Å²) in [6.45, 7) is 3.76. The minimum Gasteiger partial charge on any atom is -0.368 e. The van der Waals surface area contributed by atoms with Gasteiger partial charge >= 0.3 is 0 Å². The van der Waals surface area contributed by atoms with E-state index in [9.17, 15) is 0 Å². The van der Waals surface area contributed by atoms with Crippen molar-refractivity contribution in [1.29, 1.82) is 0 Å². The summed E-state index contributed by atoms with van der Waals surface area (Å²) in [5.41, 5.74) is 7.86. The quantitative estimate of drug-likeness (QED) is 0.824. The fourth-order valence-corrected chi connectivity index (χ4v) is 2.53. The molecule has 0 saturated carbocycles. The largest absolute Gasteiger partial charge is 0.368 e.